The molecule has 1 atom stereocenters. The smallest absolute Gasteiger partial charge is 0.0195 e. The molecule has 2 aliphatic heterocycles. The van der Waals surface area contributed by atoms with Gasteiger partial charge in [0.2, 0.25) is 0 Å². The SMILES string of the molecule is c1ccc2c(c1)CCN(C[C@H]1CCCN1)CC2. The highest BCUT2D eigenvalue weighted by Gasteiger charge is 2.19. The molecule has 3 rings (SSSR count). The number of rotatable bonds is 2. The zero-order chi connectivity index (χ0) is 11.5. The van der Waals surface area contributed by atoms with E-state index < -0.39 is 0 Å². The van der Waals surface area contributed by atoms with Gasteiger partial charge in [-0.3, -0.25) is 0 Å². The van der Waals surface area contributed by atoms with Gasteiger partial charge in [0.15, 0.2) is 0 Å². The number of hydrogen-bond donors (Lipinski definition) is 1. The molecule has 1 saturated heterocycles. The fraction of sp³-hybridized carbons (Fsp3) is 0.600. The minimum atomic E-state index is 0.746. The summed E-state index contributed by atoms with van der Waals surface area (Å²) >= 11 is 0. The first-order valence-corrected chi connectivity index (χ1v) is 6.94. The van der Waals surface area contributed by atoms with Crippen LogP contribution in [-0.4, -0.2) is 37.1 Å². The Hall–Kier alpha value is -0.860. The Balaban J connectivity index is 1.60. The lowest BCUT2D eigenvalue weighted by Crippen LogP contribution is -2.38. The van der Waals surface area contributed by atoms with Crippen LogP contribution in [0.15, 0.2) is 24.3 Å². The van der Waals surface area contributed by atoms with Crippen LogP contribution in [0, 0.1) is 0 Å². The molecule has 1 aromatic carbocycles. The Kier molecular flexibility index (Phi) is 3.44. The second kappa shape index (κ2) is 5.19. The van der Waals surface area contributed by atoms with Crippen molar-refractivity contribution >= 4 is 0 Å². The van der Waals surface area contributed by atoms with Crippen molar-refractivity contribution in [2.45, 2.75) is 31.7 Å². The van der Waals surface area contributed by atoms with E-state index in [1.54, 1.807) is 11.1 Å². The highest BCUT2D eigenvalue weighted by molar-refractivity contribution is 5.28. The van der Waals surface area contributed by atoms with Crippen molar-refractivity contribution in [1.82, 2.24) is 10.2 Å². The molecule has 0 bridgehead atoms. The number of nitrogens with one attached hydrogen (secondary N) is 1. The lowest BCUT2D eigenvalue weighted by Gasteiger charge is -2.23. The standard InChI is InChI=1S/C15H22N2/c1-2-5-14-8-11-17(10-7-13(14)4-1)12-15-6-3-9-16-15/h1-2,4-5,15-16H,3,6-12H2/t15-/m1/s1. The molecule has 0 spiro atoms. The second-order valence-corrected chi connectivity index (χ2v) is 5.36. The van der Waals surface area contributed by atoms with E-state index in [0.29, 0.717) is 0 Å². The van der Waals surface area contributed by atoms with Crippen molar-refractivity contribution in [2.75, 3.05) is 26.2 Å². The van der Waals surface area contributed by atoms with Gasteiger partial charge in [-0.05, 0) is 43.4 Å². The van der Waals surface area contributed by atoms with Crippen LogP contribution in [0.5, 0.6) is 0 Å². The summed E-state index contributed by atoms with van der Waals surface area (Å²) in [6.07, 6.45) is 5.17. The Morgan fingerprint density at radius 2 is 1.82 bits per heavy atom. The van der Waals surface area contributed by atoms with Gasteiger partial charge in [0, 0.05) is 25.7 Å². The van der Waals surface area contributed by atoms with E-state index in [9.17, 15) is 0 Å². The van der Waals surface area contributed by atoms with Crippen LogP contribution in [-0.2, 0) is 12.8 Å². The van der Waals surface area contributed by atoms with Gasteiger partial charge in [0.25, 0.3) is 0 Å². The molecule has 1 fully saturated rings. The van der Waals surface area contributed by atoms with Crippen LogP contribution < -0.4 is 5.32 Å². The monoisotopic (exact) mass is 230 g/mol. The van der Waals surface area contributed by atoms with E-state index in [4.69, 9.17) is 0 Å². The average molecular weight is 230 g/mol. The predicted octanol–water partition coefficient (Wildman–Crippen LogP) is 1.84. The third-order valence-corrected chi connectivity index (χ3v) is 4.15. The van der Waals surface area contributed by atoms with Crippen LogP contribution in [0.25, 0.3) is 0 Å². The predicted molar refractivity (Wildman–Crippen MR) is 71.3 cm³/mol. The Morgan fingerprint density at radius 1 is 1.12 bits per heavy atom. The number of hydrogen-bond acceptors (Lipinski definition) is 2. The Labute approximate surface area is 104 Å². The number of benzene rings is 1. The van der Waals surface area contributed by atoms with Crippen molar-refractivity contribution < 1.29 is 0 Å². The molecule has 0 amide bonds. The lowest BCUT2D eigenvalue weighted by molar-refractivity contribution is 0.260. The summed E-state index contributed by atoms with van der Waals surface area (Å²) in [5.74, 6) is 0. The molecular weight excluding hydrogens is 208 g/mol. The number of fused-ring (bicyclic) bond motifs is 1. The first-order valence-electron chi connectivity index (χ1n) is 6.94. The summed E-state index contributed by atoms with van der Waals surface area (Å²) in [6.45, 7) is 4.93. The normalized spacial score (nSPS) is 25.5. The van der Waals surface area contributed by atoms with Crippen molar-refractivity contribution in [3.05, 3.63) is 35.4 Å². The topological polar surface area (TPSA) is 15.3 Å². The van der Waals surface area contributed by atoms with E-state index in [0.717, 1.165) is 6.04 Å². The molecule has 2 aliphatic rings. The van der Waals surface area contributed by atoms with Gasteiger partial charge in [-0.2, -0.15) is 0 Å². The molecule has 2 nitrogen and oxygen atoms in total. The maximum absolute atomic E-state index is 3.60. The summed E-state index contributed by atoms with van der Waals surface area (Å²) in [5, 5.41) is 3.60. The lowest BCUT2D eigenvalue weighted by atomic mass is 10.0. The highest BCUT2D eigenvalue weighted by Crippen LogP contribution is 2.16. The molecule has 1 N–H and O–H groups in total. The van der Waals surface area contributed by atoms with E-state index in [-0.39, 0.29) is 0 Å². The van der Waals surface area contributed by atoms with Gasteiger partial charge in [-0.1, -0.05) is 24.3 Å². The fourth-order valence-electron chi connectivity index (χ4n) is 3.12. The minimum absolute atomic E-state index is 0.746. The summed E-state index contributed by atoms with van der Waals surface area (Å²) < 4.78 is 0. The van der Waals surface area contributed by atoms with E-state index >= 15 is 0 Å². The summed E-state index contributed by atoms with van der Waals surface area (Å²) in [5.41, 5.74) is 3.13. The first kappa shape index (κ1) is 11.2. The van der Waals surface area contributed by atoms with Crippen LogP contribution in [0.2, 0.25) is 0 Å². The summed E-state index contributed by atoms with van der Waals surface area (Å²) in [4.78, 5) is 2.64. The molecule has 2 heteroatoms. The summed E-state index contributed by atoms with van der Waals surface area (Å²) in [7, 11) is 0. The van der Waals surface area contributed by atoms with Crippen molar-refractivity contribution in [3.8, 4) is 0 Å². The van der Waals surface area contributed by atoms with E-state index in [1.165, 1.54) is 51.9 Å². The fourth-order valence-corrected chi connectivity index (χ4v) is 3.12. The Bertz CT molecular complexity index is 342. The van der Waals surface area contributed by atoms with Crippen LogP contribution >= 0.6 is 0 Å². The molecule has 1 aromatic rings. The molecule has 0 aromatic heterocycles. The largest absolute Gasteiger partial charge is 0.313 e. The van der Waals surface area contributed by atoms with Gasteiger partial charge >= 0.3 is 0 Å². The molecule has 0 radical (unpaired) electrons. The summed E-state index contributed by atoms with van der Waals surface area (Å²) in [6, 6.07) is 9.69. The van der Waals surface area contributed by atoms with Gasteiger partial charge in [0.1, 0.15) is 0 Å². The first-order chi connectivity index (χ1) is 8.42. The average Bonchev–Trinajstić information content (AvgIpc) is 2.78. The van der Waals surface area contributed by atoms with E-state index in [1.807, 2.05) is 0 Å². The molecule has 2 heterocycles. The third-order valence-electron chi connectivity index (χ3n) is 4.15. The Morgan fingerprint density at radius 3 is 2.41 bits per heavy atom. The minimum Gasteiger partial charge on any atom is -0.313 e. The van der Waals surface area contributed by atoms with Gasteiger partial charge in [0.05, 0.1) is 0 Å². The second-order valence-electron chi connectivity index (χ2n) is 5.36. The van der Waals surface area contributed by atoms with Crippen LogP contribution in [0.1, 0.15) is 24.0 Å². The molecule has 17 heavy (non-hydrogen) atoms. The van der Waals surface area contributed by atoms with Gasteiger partial charge in [-0.15, -0.1) is 0 Å². The zero-order valence-electron chi connectivity index (χ0n) is 10.5. The quantitative estimate of drug-likeness (QED) is 0.834. The highest BCUT2D eigenvalue weighted by atomic mass is 15.2. The third kappa shape index (κ3) is 2.70. The molecule has 0 unspecified atom stereocenters. The zero-order valence-corrected chi connectivity index (χ0v) is 10.5. The number of nitrogens with zero attached hydrogens (tertiary/aromatic N) is 1. The van der Waals surface area contributed by atoms with E-state index in [2.05, 4.69) is 34.5 Å². The molecule has 92 valence electrons. The maximum Gasteiger partial charge on any atom is 0.0195 e. The molecule has 0 aliphatic carbocycles. The molecular formula is C15H22N2. The van der Waals surface area contributed by atoms with Crippen LogP contribution in [0.3, 0.4) is 0 Å². The van der Waals surface area contributed by atoms with Gasteiger partial charge in [-0.25, -0.2) is 0 Å². The van der Waals surface area contributed by atoms with Crippen molar-refractivity contribution in [1.29, 1.82) is 0 Å². The van der Waals surface area contributed by atoms with Crippen molar-refractivity contribution in [3.63, 3.8) is 0 Å². The van der Waals surface area contributed by atoms with Crippen LogP contribution in [0.4, 0.5) is 0 Å². The van der Waals surface area contributed by atoms with Crippen molar-refractivity contribution in [2.24, 2.45) is 0 Å². The van der Waals surface area contributed by atoms with Gasteiger partial charge < -0.3 is 10.2 Å². The molecule has 0 saturated carbocycles. The maximum atomic E-state index is 3.60.